The van der Waals surface area contributed by atoms with Gasteiger partial charge in [0.2, 0.25) is 0 Å². The predicted molar refractivity (Wildman–Crippen MR) is 86.8 cm³/mol. The van der Waals surface area contributed by atoms with Crippen LogP contribution in [0.25, 0.3) is 0 Å². The Morgan fingerprint density at radius 3 is 2.70 bits per heavy atom. The molecule has 2 aliphatic rings. The van der Waals surface area contributed by atoms with E-state index < -0.39 is 5.97 Å². The molecular formula is C16H20INO2. The smallest absolute Gasteiger partial charge is 0.303 e. The lowest BCUT2D eigenvalue weighted by molar-refractivity contribution is -0.139. The van der Waals surface area contributed by atoms with Crippen LogP contribution in [-0.2, 0) is 4.79 Å². The number of fused-ring (bicyclic) bond motifs is 2. The lowest BCUT2D eigenvalue weighted by Crippen LogP contribution is -2.46. The van der Waals surface area contributed by atoms with Gasteiger partial charge in [0.1, 0.15) is 0 Å². The fourth-order valence-electron chi connectivity index (χ4n) is 4.15. The molecule has 1 aromatic carbocycles. The Morgan fingerprint density at radius 1 is 1.35 bits per heavy atom. The van der Waals surface area contributed by atoms with Crippen molar-refractivity contribution in [3.63, 3.8) is 0 Å². The molecule has 0 spiro atoms. The summed E-state index contributed by atoms with van der Waals surface area (Å²) in [6.07, 6.45) is 3.77. The van der Waals surface area contributed by atoms with Gasteiger partial charge < -0.3 is 10.0 Å². The third kappa shape index (κ3) is 2.60. The number of carbonyl (C=O) groups is 1. The maximum atomic E-state index is 11.3. The zero-order valence-corrected chi connectivity index (χ0v) is 13.8. The van der Waals surface area contributed by atoms with Gasteiger partial charge in [0.25, 0.3) is 0 Å². The molecule has 4 heteroatoms. The molecule has 3 rings (SSSR count). The van der Waals surface area contributed by atoms with Gasteiger partial charge in [-0.05, 0) is 78.4 Å². The number of piperidine rings is 1. The molecule has 2 heterocycles. The Hall–Kier alpha value is -0.620. The number of hydrogen-bond acceptors (Lipinski definition) is 2. The monoisotopic (exact) mass is 385 g/mol. The van der Waals surface area contributed by atoms with Crippen molar-refractivity contribution >= 4 is 28.6 Å². The molecular weight excluding hydrogens is 365 g/mol. The van der Waals surface area contributed by atoms with Gasteiger partial charge in [0, 0.05) is 15.7 Å². The highest BCUT2D eigenvalue weighted by molar-refractivity contribution is 14.1. The molecule has 0 amide bonds. The summed E-state index contributed by atoms with van der Waals surface area (Å²) < 4.78 is 1.23. The average molecular weight is 385 g/mol. The van der Waals surface area contributed by atoms with Crippen molar-refractivity contribution in [1.29, 1.82) is 0 Å². The number of carboxylic acids is 1. The minimum absolute atomic E-state index is 0.247. The van der Waals surface area contributed by atoms with Gasteiger partial charge >= 0.3 is 5.97 Å². The van der Waals surface area contributed by atoms with Gasteiger partial charge in [-0.3, -0.25) is 4.79 Å². The van der Waals surface area contributed by atoms with E-state index >= 15 is 0 Å². The molecule has 0 saturated carbocycles. The topological polar surface area (TPSA) is 40.5 Å². The summed E-state index contributed by atoms with van der Waals surface area (Å²) in [6, 6.07) is 9.71. The molecule has 20 heavy (non-hydrogen) atoms. The van der Waals surface area contributed by atoms with Crippen LogP contribution >= 0.6 is 22.6 Å². The molecule has 2 aliphatic heterocycles. The number of hydrogen-bond donors (Lipinski definition) is 1. The van der Waals surface area contributed by atoms with Gasteiger partial charge in [-0.2, -0.15) is 0 Å². The van der Waals surface area contributed by atoms with Crippen molar-refractivity contribution in [2.75, 3.05) is 7.05 Å². The molecule has 108 valence electrons. The van der Waals surface area contributed by atoms with E-state index in [-0.39, 0.29) is 5.92 Å². The van der Waals surface area contributed by atoms with Crippen LogP contribution in [0.15, 0.2) is 24.3 Å². The zero-order valence-electron chi connectivity index (χ0n) is 11.6. The Kier molecular flexibility index (Phi) is 4.04. The van der Waals surface area contributed by atoms with Crippen LogP contribution < -0.4 is 0 Å². The molecule has 2 unspecified atom stereocenters. The summed E-state index contributed by atoms with van der Waals surface area (Å²) in [6.45, 7) is 0. The summed E-state index contributed by atoms with van der Waals surface area (Å²) >= 11 is 2.31. The second-order valence-corrected chi connectivity index (χ2v) is 7.37. The maximum absolute atomic E-state index is 11.3. The van der Waals surface area contributed by atoms with Crippen molar-refractivity contribution in [1.82, 2.24) is 4.90 Å². The fourth-order valence-corrected chi connectivity index (χ4v) is 4.51. The highest BCUT2D eigenvalue weighted by Crippen LogP contribution is 2.47. The van der Waals surface area contributed by atoms with Crippen molar-refractivity contribution < 1.29 is 9.90 Å². The van der Waals surface area contributed by atoms with E-state index in [2.05, 4.69) is 58.8 Å². The maximum Gasteiger partial charge on any atom is 0.303 e. The quantitative estimate of drug-likeness (QED) is 0.812. The van der Waals surface area contributed by atoms with Crippen molar-refractivity contribution in [3.8, 4) is 0 Å². The highest BCUT2D eigenvalue weighted by Gasteiger charge is 2.46. The SMILES string of the molecule is CN1[C@H]2CC[C@@H]1C(CC(=O)O)C(c1ccc(I)cc1)C2. The Labute approximate surface area is 133 Å². The van der Waals surface area contributed by atoms with E-state index in [1.54, 1.807) is 0 Å². The van der Waals surface area contributed by atoms with Crippen molar-refractivity contribution in [2.45, 2.75) is 43.7 Å². The largest absolute Gasteiger partial charge is 0.481 e. The minimum atomic E-state index is -0.663. The first-order valence-corrected chi connectivity index (χ1v) is 8.33. The molecule has 2 saturated heterocycles. The number of nitrogens with zero attached hydrogens (tertiary/aromatic N) is 1. The average Bonchev–Trinajstić information content (AvgIpc) is 2.65. The van der Waals surface area contributed by atoms with Crippen LogP contribution in [0, 0.1) is 9.49 Å². The second-order valence-electron chi connectivity index (χ2n) is 6.12. The van der Waals surface area contributed by atoms with E-state index in [9.17, 15) is 9.90 Å². The molecule has 0 aliphatic carbocycles. The van der Waals surface area contributed by atoms with Crippen molar-refractivity contribution in [2.24, 2.45) is 5.92 Å². The van der Waals surface area contributed by atoms with Crippen LogP contribution in [0.2, 0.25) is 0 Å². The van der Waals surface area contributed by atoms with Crippen LogP contribution in [0.5, 0.6) is 0 Å². The van der Waals surface area contributed by atoms with Crippen LogP contribution in [0.1, 0.15) is 37.2 Å². The first-order chi connectivity index (χ1) is 9.56. The molecule has 2 bridgehead atoms. The normalized spacial score (nSPS) is 33.3. The Bertz CT molecular complexity index is 502. The van der Waals surface area contributed by atoms with E-state index in [1.165, 1.54) is 15.6 Å². The molecule has 1 N–H and O–H groups in total. The first-order valence-electron chi connectivity index (χ1n) is 7.25. The lowest BCUT2D eigenvalue weighted by Gasteiger charge is -2.43. The summed E-state index contributed by atoms with van der Waals surface area (Å²) in [4.78, 5) is 13.7. The lowest BCUT2D eigenvalue weighted by atomic mass is 9.74. The molecule has 4 atom stereocenters. The van der Waals surface area contributed by atoms with Gasteiger partial charge in [0.05, 0.1) is 6.42 Å². The first kappa shape index (κ1) is 14.3. The second kappa shape index (κ2) is 5.64. The Morgan fingerprint density at radius 2 is 2.05 bits per heavy atom. The third-order valence-corrected chi connectivity index (χ3v) is 5.86. The van der Waals surface area contributed by atoms with Gasteiger partial charge in [-0.1, -0.05) is 12.1 Å². The number of aliphatic carboxylic acids is 1. The standard InChI is InChI=1S/C16H20INO2/c1-18-12-6-7-15(18)14(9-16(19)20)13(8-12)10-2-4-11(17)5-3-10/h2-5,12-15H,6-9H2,1H3,(H,19,20)/t12-,13?,14?,15+/m0/s1. The molecule has 0 radical (unpaired) electrons. The molecule has 2 fully saturated rings. The number of carboxylic acid groups (broad SMARTS) is 1. The number of halogens is 1. The van der Waals surface area contributed by atoms with Crippen LogP contribution in [-0.4, -0.2) is 35.1 Å². The third-order valence-electron chi connectivity index (χ3n) is 5.14. The molecule has 3 nitrogen and oxygen atoms in total. The van der Waals surface area contributed by atoms with E-state index in [0.29, 0.717) is 24.4 Å². The van der Waals surface area contributed by atoms with E-state index in [1.807, 2.05) is 0 Å². The summed E-state index contributed by atoms with van der Waals surface area (Å²) in [5, 5.41) is 9.27. The zero-order chi connectivity index (χ0) is 14.3. The van der Waals surface area contributed by atoms with Crippen LogP contribution in [0.4, 0.5) is 0 Å². The Balaban J connectivity index is 1.91. The van der Waals surface area contributed by atoms with Crippen molar-refractivity contribution in [3.05, 3.63) is 33.4 Å². The number of benzene rings is 1. The van der Waals surface area contributed by atoms with Gasteiger partial charge in [-0.15, -0.1) is 0 Å². The van der Waals surface area contributed by atoms with E-state index in [0.717, 1.165) is 12.8 Å². The predicted octanol–water partition coefficient (Wildman–Crippen LogP) is 3.33. The minimum Gasteiger partial charge on any atom is -0.481 e. The van der Waals surface area contributed by atoms with Crippen LogP contribution in [0.3, 0.4) is 0 Å². The van der Waals surface area contributed by atoms with E-state index in [4.69, 9.17) is 0 Å². The summed E-state index contributed by atoms with van der Waals surface area (Å²) in [5.74, 6) is -0.0163. The number of rotatable bonds is 3. The van der Waals surface area contributed by atoms with Gasteiger partial charge in [0.15, 0.2) is 0 Å². The van der Waals surface area contributed by atoms with Gasteiger partial charge in [-0.25, -0.2) is 0 Å². The summed E-state index contributed by atoms with van der Waals surface area (Å²) in [7, 11) is 2.17. The molecule has 1 aromatic rings. The molecule has 0 aromatic heterocycles. The summed E-state index contributed by atoms with van der Waals surface area (Å²) in [5.41, 5.74) is 1.32. The highest BCUT2D eigenvalue weighted by atomic mass is 127. The fraction of sp³-hybridized carbons (Fsp3) is 0.562.